The standard InChI is InChI=1S/C19H18ClN3O3S2/c1-12-8-17(26-2)15(20)10-18(12)28(24,25)22-14-5-3-4-13(9-14)16-11-23-6-7-27-19(23)21-16/h3-5,8-11,22H,6-7H2,1-2H3. The van der Waals surface area contributed by atoms with Gasteiger partial charge in [0.05, 0.1) is 22.7 Å². The second-order valence-electron chi connectivity index (χ2n) is 6.39. The molecule has 28 heavy (non-hydrogen) atoms. The molecule has 2 heterocycles. The topological polar surface area (TPSA) is 73.2 Å². The summed E-state index contributed by atoms with van der Waals surface area (Å²) in [5, 5.41) is 1.23. The van der Waals surface area contributed by atoms with E-state index in [0.29, 0.717) is 17.0 Å². The first-order valence-corrected chi connectivity index (χ1v) is 11.4. The number of nitrogens with one attached hydrogen (secondary N) is 1. The molecule has 0 radical (unpaired) electrons. The molecule has 1 aliphatic heterocycles. The van der Waals surface area contributed by atoms with Gasteiger partial charge in [-0.15, -0.1) is 0 Å². The van der Waals surface area contributed by atoms with E-state index in [1.54, 1.807) is 43.0 Å². The summed E-state index contributed by atoms with van der Waals surface area (Å²) in [6, 6.07) is 10.2. The molecule has 0 saturated heterocycles. The number of fused-ring (bicyclic) bond motifs is 1. The van der Waals surface area contributed by atoms with Gasteiger partial charge in [0.2, 0.25) is 0 Å². The van der Waals surface area contributed by atoms with Crippen LogP contribution >= 0.6 is 23.4 Å². The molecule has 0 aliphatic carbocycles. The minimum Gasteiger partial charge on any atom is -0.495 e. The maximum atomic E-state index is 12.9. The van der Waals surface area contributed by atoms with Crippen LogP contribution in [0.5, 0.6) is 5.75 Å². The van der Waals surface area contributed by atoms with Crippen molar-refractivity contribution in [1.29, 1.82) is 0 Å². The van der Waals surface area contributed by atoms with Crippen molar-refractivity contribution >= 4 is 39.1 Å². The van der Waals surface area contributed by atoms with Gasteiger partial charge in [-0.25, -0.2) is 13.4 Å². The van der Waals surface area contributed by atoms with Crippen LogP contribution in [0.2, 0.25) is 5.02 Å². The molecular weight excluding hydrogens is 418 g/mol. The highest BCUT2D eigenvalue weighted by Crippen LogP contribution is 2.32. The number of halogens is 1. The molecule has 0 fully saturated rings. The van der Waals surface area contributed by atoms with Crippen LogP contribution in [0.25, 0.3) is 11.3 Å². The Kier molecular flexibility index (Phi) is 5.03. The van der Waals surface area contributed by atoms with Gasteiger partial charge in [0.15, 0.2) is 5.16 Å². The summed E-state index contributed by atoms with van der Waals surface area (Å²) >= 11 is 7.84. The number of thioether (sulfide) groups is 1. The normalized spacial score (nSPS) is 13.4. The summed E-state index contributed by atoms with van der Waals surface area (Å²) < 4.78 is 35.7. The van der Waals surface area contributed by atoms with Crippen LogP contribution in [0, 0.1) is 6.92 Å². The molecule has 6 nitrogen and oxygen atoms in total. The number of ether oxygens (including phenoxy) is 1. The van der Waals surface area contributed by atoms with Crippen molar-refractivity contribution in [2.45, 2.75) is 23.5 Å². The van der Waals surface area contributed by atoms with Gasteiger partial charge in [0.1, 0.15) is 5.75 Å². The van der Waals surface area contributed by atoms with Gasteiger partial charge < -0.3 is 9.30 Å². The maximum Gasteiger partial charge on any atom is 0.262 e. The second kappa shape index (κ2) is 7.35. The lowest BCUT2D eigenvalue weighted by atomic mass is 10.1. The summed E-state index contributed by atoms with van der Waals surface area (Å²) in [6.07, 6.45) is 2.00. The van der Waals surface area contributed by atoms with Crippen LogP contribution in [-0.4, -0.2) is 30.8 Å². The number of methoxy groups -OCH3 is 1. The van der Waals surface area contributed by atoms with E-state index in [1.807, 2.05) is 12.3 Å². The summed E-state index contributed by atoms with van der Waals surface area (Å²) in [4.78, 5) is 4.73. The number of anilines is 1. The van der Waals surface area contributed by atoms with E-state index in [9.17, 15) is 8.42 Å². The first-order chi connectivity index (χ1) is 13.4. The predicted molar refractivity (Wildman–Crippen MR) is 112 cm³/mol. The van der Waals surface area contributed by atoms with E-state index < -0.39 is 10.0 Å². The van der Waals surface area contributed by atoms with Crippen LogP contribution in [0.1, 0.15) is 5.56 Å². The van der Waals surface area contributed by atoms with Gasteiger partial charge in [0.25, 0.3) is 10.0 Å². The number of sulfonamides is 1. The lowest BCUT2D eigenvalue weighted by molar-refractivity contribution is 0.414. The van der Waals surface area contributed by atoms with Crippen molar-refractivity contribution in [3.05, 3.63) is 53.2 Å². The summed E-state index contributed by atoms with van der Waals surface area (Å²) in [6.45, 7) is 2.64. The molecule has 0 unspecified atom stereocenters. The molecule has 3 aromatic rings. The Morgan fingerprint density at radius 2 is 2.11 bits per heavy atom. The number of nitrogens with zero attached hydrogens (tertiary/aromatic N) is 2. The van der Waals surface area contributed by atoms with Gasteiger partial charge in [-0.2, -0.15) is 0 Å². The van der Waals surface area contributed by atoms with Crippen molar-refractivity contribution in [1.82, 2.24) is 9.55 Å². The maximum absolute atomic E-state index is 12.9. The first kappa shape index (κ1) is 19.2. The third-order valence-corrected chi connectivity index (χ3v) is 7.24. The Morgan fingerprint density at radius 1 is 1.29 bits per heavy atom. The lowest BCUT2D eigenvalue weighted by Crippen LogP contribution is -2.14. The number of aryl methyl sites for hydroxylation is 2. The number of aromatic nitrogens is 2. The third kappa shape index (κ3) is 3.59. The van der Waals surface area contributed by atoms with E-state index in [-0.39, 0.29) is 9.92 Å². The highest BCUT2D eigenvalue weighted by atomic mass is 35.5. The van der Waals surface area contributed by atoms with Gasteiger partial charge in [-0.1, -0.05) is 35.5 Å². The SMILES string of the molecule is COc1cc(C)c(S(=O)(=O)Nc2cccc(-c3cn4c(n3)SCC4)c2)cc1Cl. The van der Waals surface area contributed by atoms with E-state index in [0.717, 1.165) is 28.7 Å². The lowest BCUT2D eigenvalue weighted by Gasteiger charge is -2.13. The summed E-state index contributed by atoms with van der Waals surface area (Å²) in [5.74, 6) is 1.47. The third-order valence-electron chi connectivity index (χ3n) is 4.45. The van der Waals surface area contributed by atoms with E-state index in [2.05, 4.69) is 14.3 Å². The zero-order chi connectivity index (χ0) is 19.9. The van der Waals surface area contributed by atoms with Crippen LogP contribution in [-0.2, 0) is 16.6 Å². The fraction of sp³-hybridized carbons (Fsp3) is 0.211. The highest BCUT2D eigenvalue weighted by Gasteiger charge is 2.20. The van der Waals surface area contributed by atoms with E-state index >= 15 is 0 Å². The highest BCUT2D eigenvalue weighted by molar-refractivity contribution is 7.99. The molecule has 0 amide bonds. The molecule has 0 atom stereocenters. The van der Waals surface area contributed by atoms with Crippen LogP contribution in [0.3, 0.4) is 0 Å². The molecule has 1 N–H and O–H groups in total. The van der Waals surface area contributed by atoms with E-state index in [1.165, 1.54) is 13.2 Å². The van der Waals surface area contributed by atoms with Crippen molar-refractivity contribution < 1.29 is 13.2 Å². The molecule has 0 saturated carbocycles. The molecule has 0 bridgehead atoms. The Balaban J connectivity index is 1.64. The molecule has 0 spiro atoms. The van der Waals surface area contributed by atoms with Gasteiger partial charge in [0, 0.05) is 29.7 Å². The van der Waals surface area contributed by atoms with Gasteiger partial charge in [-0.05, 0) is 36.8 Å². The number of rotatable bonds is 5. The molecule has 146 valence electrons. The first-order valence-electron chi connectivity index (χ1n) is 8.55. The smallest absolute Gasteiger partial charge is 0.262 e. The average molecular weight is 436 g/mol. The van der Waals surface area contributed by atoms with Crippen molar-refractivity contribution in [2.24, 2.45) is 0 Å². The monoisotopic (exact) mass is 435 g/mol. The fourth-order valence-electron chi connectivity index (χ4n) is 3.08. The van der Waals surface area contributed by atoms with Crippen molar-refractivity contribution in [2.75, 3.05) is 17.6 Å². The molecule has 2 aromatic carbocycles. The van der Waals surface area contributed by atoms with Crippen molar-refractivity contribution in [3.8, 4) is 17.0 Å². The quantitative estimate of drug-likeness (QED) is 0.641. The Morgan fingerprint density at radius 3 is 2.86 bits per heavy atom. The second-order valence-corrected chi connectivity index (χ2v) is 9.51. The summed E-state index contributed by atoms with van der Waals surface area (Å²) in [7, 11) is -2.32. The largest absolute Gasteiger partial charge is 0.495 e. The summed E-state index contributed by atoms with van der Waals surface area (Å²) in [5.41, 5.74) is 2.69. The minimum absolute atomic E-state index is 0.112. The van der Waals surface area contributed by atoms with Gasteiger partial charge in [-0.3, -0.25) is 4.72 Å². The Hall–Kier alpha value is -2.16. The molecule has 4 rings (SSSR count). The molecule has 1 aromatic heterocycles. The van der Waals surface area contributed by atoms with E-state index in [4.69, 9.17) is 16.3 Å². The Labute approximate surface area is 172 Å². The van der Waals surface area contributed by atoms with Crippen LogP contribution < -0.4 is 9.46 Å². The molecule has 9 heteroatoms. The van der Waals surface area contributed by atoms with Crippen LogP contribution in [0.15, 0.2) is 52.6 Å². The average Bonchev–Trinajstić information content (AvgIpc) is 3.25. The number of imidazole rings is 1. The number of hydrogen-bond donors (Lipinski definition) is 1. The Bertz CT molecular complexity index is 1140. The minimum atomic E-state index is -3.81. The number of benzene rings is 2. The molecule has 1 aliphatic rings. The van der Waals surface area contributed by atoms with Gasteiger partial charge >= 0.3 is 0 Å². The van der Waals surface area contributed by atoms with Crippen LogP contribution in [0.4, 0.5) is 5.69 Å². The fourth-order valence-corrected chi connectivity index (χ4v) is 5.64. The van der Waals surface area contributed by atoms with Crippen molar-refractivity contribution in [3.63, 3.8) is 0 Å². The zero-order valence-electron chi connectivity index (χ0n) is 15.3. The number of hydrogen-bond acceptors (Lipinski definition) is 5. The molecular formula is C19H18ClN3O3S2. The zero-order valence-corrected chi connectivity index (χ0v) is 17.7. The predicted octanol–water partition coefficient (Wildman–Crippen LogP) is 4.43.